The number of oxazole rings is 1. The summed E-state index contributed by atoms with van der Waals surface area (Å²) < 4.78 is 11.1. The molecule has 22 heavy (non-hydrogen) atoms. The van der Waals surface area contributed by atoms with E-state index < -0.39 is 0 Å². The summed E-state index contributed by atoms with van der Waals surface area (Å²) in [4.78, 5) is 8.54. The molecule has 1 aliphatic heterocycles. The molecule has 0 amide bonds. The van der Waals surface area contributed by atoms with Gasteiger partial charge in [0.2, 0.25) is 5.89 Å². The van der Waals surface area contributed by atoms with Crippen molar-refractivity contribution < 1.29 is 9.15 Å². The normalized spacial score (nSPS) is 17.0. The van der Waals surface area contributed by atoms with Crippen molar-refractivity contribution in [2.24, 2.45) is 4.99 Å². The van der Waals surface area contributed by atoms with Gasteiger partial charge in [-0.05, 0) is 12.8 Å². The number of aliphatic imine (C=N–C) groups is 1. The van der Waals surface area contributed by atoms with Gasteiger partial charge in [0.05, 0.1) is 12.7 Å². The smallest absolute Gasteiger partial charge is 0.213 e. The molecule has 6 nitrogen and oxygen atoms in total. The molecule has 1 aliphatic rings. The van der Waals surface area contributed by atoms with E-state index in [2.05, 4.69) is 41.4 Å². The van der Waals surface area contributed by atoms with Crippen LogP contribution < -0.4 is 10.6 Å². The Hall–Kier alpha value is -0.830. The third kappa shape index (κ3) is 5.75. The maximum absolute atomic E-state index is 5.76. The topological polar surface area (TPSA) is 71.7 Å². The minimum Gasteiger partial charge on any atom is -0.443 e. The molecule has 2 heterocycles. The molecule has 126 valence electrons. The van der Waals surface area contributed by atoms with Gasteiger partial charge in [0.25, 0.3) is 0 Å². The molecule has 0 bridgehead atoms. The lowest BCUT2D eigenvalue weighted by molar-refractivity contribution is 0.0822. The molecule has 0 atom stereocenters. The second kappa shape index (κ2) is 8.71. The fourth-order valence-electron chi connectivity index (χ4n) is 2.13. The Morgan fingerprint density at radius 3 is 2.59 bits per heavy atom. The zero-order valence-electron chi connectivity index (χ0n) is 13.8. The fourth-order valence-corrected chi connectivity index (χ4v) is 2.13. The van der Waals surface area contributed by atoms with Crippen molar-refractivity contribution in [2.45, 2.75) is 51.6 Å². The first-order valence-corrected chi connectivity index (χ1v) is 7.49. The maximum Gasteiger partial charge on any atom is 0.213 e. The predicted octanol–water partition coefficient (Wildman–Crippen LogP) is 2.43. The van der Waals surface area contributed by atoms with E-state index in [1.54, 1.807) is 13.2 Å². The third-order valence-electron chi connectivity index (χ3n) is 3.49. The van der Waals surface area contributed by atoms with Gasteiger partial charge >= 0.3 is 0 Å². The highest BCUT2D eigenvalue weighted by molar-refractivity contribution is 14.0. The van der Waals surface area contributed by atoms with E-state index in [1.807, 2.05) is 0 Å². The molecule has 1 fully saturated rings. The van der Waals surface area contributed by atoms with E-state index in [-0.39, 0.29) is 29.4 Å². The molecule has 2 rings (SSSR count). The van der Waals surface area contributed by atoms with Crippen molar-refractivity contribution in [1.29, 1.82) is 0 Å². The minimum absolute atomic E-state index is 0. The number of ether oxygens (including phenoxy) is 1. The number of hydrogen-bond donors (Lipinski definition) is 2. The molecule has 0 saturated carbocycles. The first-order chi connectivity index (χ1) is 9.99. The van der Waals surface area contributed by atoms with Crippen LogP contribution in [-0.4, -0.2) is 37.2 Å². The largest absolute Gasteiger partial charge is 0.443 e. The summed E-state index contributed by atoms with van der Waals surface area (Å²) in [7, 11) is 1.77. The van der Waals surface area contributed by atoms with Gasteiger partial charge in [0, 0.05) is 31.7 Å². The first-order valence-electron chi connectivity index (χ1n) is 7.49. The van der Waals surface area contributed by atoms with Gasteiger partial charge in [-0.3, -0.25) is 4.99 Å². The quantitative estimate of drug-likeness (QED) is 0.445. The number of nitrogens with one attached hydrogen (secondary N) is 2. The van der Waals surface area contributed by atoms with Crippen LogP contribution >= 0.6 is 24.0 Å². The van der Waals surface area contributed by atoms with Crippen molar-refractivity contribution in [1.82, 2.24) is 15.6 Å². The van der Waals surface area contributed by atoms with Crippen LogP contribution in [0.15, 0.2) is 15.6 Å². The summed E-state index contributed by atoms with van der Waals surface area (Å²) in [6.45, 7) is 8.47. The van der Waals surface area contributed by atoms with E-state index in [0.717, 1.165) is 37.8 Å². The second-order valence-corrected chi connectivity index (χ2v) is 6.33. The first kappa shape index (κ1) is 19.2. The summed E-state index contributed by atoms with van der Waals surface area (Å²) >= 11 is 0. The summed E-state index contributed by atoms with van der Waals surface area (Å²) in [5.74, 6) is 2.35. The summed E-state index contributed by atoms with van der Waals surface area (Å²) in [6.07, 6.45) is 3.81. The van der Waals surface area contributed by atoms with Crippen LogP contribution in [0.25, 0.3) is 0 Å². The number of guanidine groups is 1. The van der Waals surface area contributed by atoms with Crippen molar-refractivity contribution in [3.8, 4) is 0 Å². The van der Waals surface area contributed by atoms with Gasteiger partial charge in [-0.2, -0.15) is 0 Å². The fraction of sp³-hybridized carbons (Fsp3) is 0.733. The van der Waals surface area contributed by atoms with Gasteiger partial charge in [-0.15, -0.1) is 24.0 Å². The Labute approximate surface area is 149 Å². The Morgan fingerprint density at radius 2 is 2.05 bits per heavy atom. The van der Waals surface area contributed by atoms with Crippen molar-refractivity contribution in [2.75, 3.05) is 20.3 Å². The Balaban J connectivity index is 0.00000242. The van der Waals surface area contributed by atoms with Gasteiger partial charge in [-0.1, -0.05) is 20.8 Å². The predicted molar refractivity (Wildman–Crippen MR) is 97.8 cm³/mol. The summed E-state index contributed by atoms with van der Waals surface area (Å²) in [6, 6.07) is 0.416. The zero-order valence-corrected chi connectivity index (χ0v) is 16.1. The number of hydrogen-bond acceptors (Lipinski definition) is 4. The highest BCUT2D eigenvalue weighted by Crippen LogP contribution is 2.22. The van der Waals surface area contributed by atoms with Crippen molar-refractivity contribution in [3.63, 3.8) is 0 Å². The standard InChI is InChI=1S/C15H26N4O2.HI/c1-15(2,3)12-9-17-13(21-12)10-18-14(16-4)19-11-5-7-20-8-6-11;/h9,11H,5-8,10H2,1-4H3,(H2,16,18,19);1H. The summed E-state index contributed by atoms with van der Waals surface area (Å²) in [5.41, 5.74) is -0.0206. The highest BCUT2D eigenvalue weighted by atomic mass is 127. The molecule has 0 aromatic carbocycles. The van der Waals surface area contributed by atoms with E-state index in [0.29, 0.717) is 18.5 Å². The molecule has 0 spiro atoms. The van der Waals surface area contributed by atoms with Crippen molar-refractivity contribution in [3.05, 3.63) is 17.8 Å². The van der Waals surface area contributed by atoms with E-state index in [9.17, 15) is 0 Å². The van der Waals surface area contributed by atoms with Gasteiger partial charge in [0.15, 0.2) is 5.96 Å². The molecule has 1 aromatic rings. The molecule has 7 heteroatoms. The number of aromatic nitrogens is 1. The van der Waals surface area contributed by atoms with Crippen molar-refractivity contribution >= 4 is 29.9 Å². The molecule has 0 unspecified atom stereocenters. The van der Waals surface area contributed by atoms with Gasteiger partial charge in [0.1, 0.15) is 5.76 Å². The van der Waals surface area contributed by atoms with Gasteiger partial charge < -0.3 is 19.8 Å². The second-order valence-electron chi connectivity index (χ2n) is 6.33. The van der Waals surface area contributed by atoms with E-state index >= 15 is 0 Å². The van der Waals surface area contributed by atoms with Gasteiger partial charge in [-0.25, -0.2) is 4.98 Å². The molecule has 1 saturated heterocycles. The number of halogens is 1. The van der Waals surface area contributed by atoms with E-state index in [4.69, 9.17) is 9.15 Å². The van der Waals surface area contributed by atoms with Crippen LogP contribution in [0.3, 0.4) is 0 Å². The average Bonchev–Trinajstić information content (AvgIpc) is 2.93. The summed E-state index contributed by atoms with van der Waals surface area (Å²) in [5, 5.41) is 6.64. The van der Waals surface area contributed by atoms with E-state index in [1.165, 1.54) is 0 Å². The number of nitrogens with zero attached hydrogens (tertiary/aromatic N) is 2. The SMILES string of the molecule is CN=C(NCc1ncc(C(C)(C)C)o1)NC1CCOCC1.I. The molecule has 0 aliphatic carbocycles. The highest BCUT2D eigenvalue weighted by Gasteiger charge is 2.19. The molecular formula is C15H27IN4O2. The third-order valence-corrected chi connectivity index (χ3v) is 3.49. The molecule has 1 aromatic heterocycles. The average molecular weight is 422 g/mol. The van der Waals surface area contributed by atoms with Crippen LogP contribution in [0, 0.1) is 0 Å². The molecule has 0 radical (unpaired) electrons. The van der Waals surface area contributed by atoms with Crippen LogP contribution in [0.5, 0.6) is 0 Å². The lowest BCUT2D eigenvalue weighted by Crippen LogP contribution is -2.45. The molecular weight excluding hydrogens is 395 g/mol. The molecule has 2 N–H and O–H groups in total. The lowest BCUT2D eigenvalue weighted by atomic mass is 9.94. The maximum atomic E-state index is 5.76. The Bertz CT molecular complexity index is 476. The Kier molecular flexibility index (Phi) is 7.61. The monoisotopic (exact) mass is 422 g/mol. The lowest BCUT2D eigenvalue weighted by Gasteiger charge is -2.24. The van der Waals surface area contributed by atoms with Crippen LogP contribution in [0.1, 0.15) is 45.3 Å². The minimum atomic E-state index is -0.0206. The number of rotatable bonds is 3. The zero-order chi connectivity index (χ0) is 15.3. The van der Waals surface area contributed by atoms with Crippen LogP contribution in [-0.2, 0) is 16.7 Å². The Morgan fingerprint density at radius 1 is 1.36 bits per heavy atom. The van der Waals surface area contributed by atoms with Crippen LogP contribution in [0.4, 0.5) is 0 Å². The van der Waals surface area contributed by atoms with Crippen LogP contribution in [0.2, 0.25) is 0 Å².